The molecule has 0 atom stereocenters. The van der Waals surface area contributed by atoms with E-state index in [1.54, 1.807) is 23.0 Å². The predicted molar refractivity (Wildman–Crippen MR) is 94.7 cm³/mol. The lowest BCUT2D eigenvalue weighted by Crippen LogP contribution is -2.26. The van der Waals surface area contributed by atoms with Gasteiger partial charge in [-0.25, -0.2) is 9.78 Å². The van der Waals surface area contributed by atoms with Gasteiger partial charge in [0.25, 0.3) is 0 Å². The Morgan fingerprint density at radius 3 is 2.48 bits per heavy atom. The molecule has 0 amide bonds. The van der Waals surface area contributed by atoms with Gasteiger partial charge in [-0.05, 0) is 12.1 Å². The van der Waals surface area contributed by atoms with E-state index in [1.807, 2.05) is 43.7 Å². The standard InChI is InChI=1S/C16H18ClN3O2S/c1-19(2)9-14(15(21)22-4)20(3)16-18-13(10-23-16)11-5-7-12(17)8-6-11/h5-10H,1-4H3. The van der Waals surface area contributed by atoms with Crippen LogP contribution in [0.1, 0.15) is 0 Å². The van der Waals surface area contributed by atoms with Crippen LogP contribution in [0.2, 0.25) is 5.02 Å². The summed E-state index contributed by atoms with van der Waals surface area (Å²) in [6, 6.07) is 7.48. The normalized spacial score (nSPS) is 11.3. The Balaban J connectivity index is 2.30. The van der Waals surface area contributed by atoms with Gasteiger partial charge in [0.15, 0.2) is 5.13 Å². The highest BCUT2D eigenvalue weighted by atomic mass is 35.5. The number of nitrogens with zero attached hydrogens (tertiary/aromatic N) is 3. The maximum Gasteiger partial charge on any atom is 0.356 e. The fourth-order valence-corrected chi connectivity index (χ4v) is 2.84. The Morgan fingerprint density at radius 1 is 1.26 bits per heavy atom. The molecule has 0 aliphatic carbocycles. The summed E-state index contributed by atoms with van der Waals surface area (Å²) >= 11 is 7.36. The van der Waals surface area contributed by atoms with Crippen molar-refractivity contribution in [1.82, 2.24) is 9.88 Å². The Bertz CT molecular complexity index is 710. The molecule has 0 bridgehead atoms. The number of methoxy groups -OCH3 is 1. The number of rotatable bonds is 5. The molecule has 0 N–H and O–H groups in total. The van der Waals surface area contributed by atoms with Crippen LogP contribution in [0.3, 0.4) is 0 Å². The number of esters is 1. The van der Waals surface area contributed by atoms with Gasteiger partial charge in [0, 0.05) is 43.3 Å². The second kappa shape index (κ2) is 7.48. The van der Waals surface area contributed by atoms with Crippen molar-refractivity contribution in [2.75, 3.05) is 33.2 Å². The van der Waals surface area contributed by atoms with Crippen LogP contribution >= 0.6 is 22.9 Å². The number of anilines is 1. The molecule has 7 heteroatoms. The van der Waals surface area contributed by atoms with E-state index in [0.717, 1.165) is 11.3 Å². The second-order valence-corrected chi connectivity index (χ2v) is 6.32. The first-order valence-corrected chi connectivity index (χ1v) is 8.10. The number of carbonyl (C=O) groups excluding carboxylic acids is 1. The van der Waals surface area contributed by atoms with Gasteiger partial charge >= 0.3 is 5.97 Å². The van der Waals surface area contributed by atoms with Gasteiger partial charge < -0.3 is 14.5 Å². The topological polar surface area (TPSA) is 45.7 Å². The lowest BCUT2D eigenvalue weighted by atomic mass is 10.2. The summed E-state index contributed by atoms with van der Waals surface area (Å²) in [6.45, 7) is 0. The minimum atomic E-state index is -0.413. The second-order valence-electron chi connectivity index (χ2n) is 5.05. The van der Waals surface area contributed by atoms with Crippen molar-refractivity contribution in [3.63, 3.8) is 0 Å². The number of hydrogen-bond acceptors (Lipinski definition) is 6. The number of thiazole rings is 1. The van der Waals surface area contributed by atoms with Crippen LogP contribution in [0.4, 0.5) is 5.13 Å². The minimum absolute atomic E-state index is 0.412. The summed E-state index contributed by atoms with van der Waals surface area (Å²) < 4.78 is 4.85. The Hall–Kier alpha value is -2.05. The first-order valence-electron chi connectivity index (χ1n) is 6.84. The van der Waals surface area contributed by atoms with Gasteiger partial charge in [-0.3, -0.25) is 0 Å². The molecule has 122 valence electrons. The van der Waals surface area contributed by atoms with Crippen molar-refractivity contribution in [2.45, 2.75) is 0 Å². The maximum atomic E-state index is 12.0. The maximum absolute atomic E-state index is 12.0. The zero-order chi connectivity index (χ0) is 17.0. The molecule has 23 heavy (non-hydrogen) atoms. The first-order chi connectivity index (χ1) is 10.9. The van der Waals surface area contributed by atoms with Crippen LogP contribution in [0.5, 0.6) is 0 Å². The number of benzene rings is 1. The van der Waals surface area contributed by atoms with Crippen LogP contribution in [-0.2, 0) is 9.53 Å². The third-order valence-corrected chi connectivity index (χ3v) is 4.22. The number of likely N-dealkylation sites (N-methyl/N-ethyl adjacent to an activating group) is 1. The monoisotopic (exact) mass is 351 g/mol. The molecule has 1 aromatic heterocycles. The van der Waals surface area contributed by atoms with E-state index >= 15 is 0 Å². The van der Waals surface area contributed by atoms with Crippen LogP contribution in [0, 0.1) is 0 Å². The number of ether oxygens (including phenoxy) is 1. The number of hydrogen-bond donors (Lipinski definition) is 0. The van der Waals surface area contributed by atoms with Crippen molar-refractivity contribution >= 4 is 34.0 Å². The third-order valence-electron chi connectivity index (χ3n) is 3.06. The van der Waals surface area contributed by atoms with Gasteiger partial charge in [0.2, 0.25) is 0 Å². The smallest absolute Gasteiger partial charge is 0.356 e. The molecule has 0 fully saturated rings. The predicted octanol–water partition coefficient (Wildman–Crippen LogP) is 3.48. The molecule has 5 nitrogen and oxygen atoms in total. The van der Waals surface area contributed by atoms with E-state index in [2.05, 4.69) is 4.98 Å². The van der Waals surface area contributed by atoms with E-state index in [0.29, 0.717) is 15.9 Å². The van der Waals surface area contributed by atoms with Crippen molar-refractivity contribution in [3.8, 4) is 11.3 Å². The quantitative estimate of drug-likeness (QED) is 0.609. The number of aromatic nitrogens is 1. The van der Waals surface area contributed by atoms with E-state index < -0.39 is 5.97 Å². The highest BCUT2D eigenvalue weighted by Crippen LogP contribution is 2.29. The summed E-state index contributed by atoms with van der Waals surface area (Å²) in [5.41, 5.74) is 2.22. The molecule has 1 heterocycles. The van der Waals surface area contributed by atoms with Gasteiger partial charge in [0.05, 0.1) is 12.8 Å². The highest BCUT2D eigenvalue weighted by Gasteiger charge is 2.19. The Kier molecular flexibility index (Phi) is 5.63. The summed E-state index contributed by atoms with van der Waals surface area (Å²) in [4.78, 5) is 20.1. The largest absolute Gasteiger partial charge is 0.464 e. The number of carbonyl (C=O) groups is 1. The Labute approximate surface area is 144 Å². The molecule has 2 rings (SSSR count). The summed E-state index contributed by atoms with van der Waals surface area (Å²) in [5.74, 6) is -0.413. The molecule has 0 aliphatic heterocycles. The van der Waals surface area contributed by atoms with Crippen molar-refractivity contribution < 1.29 is 9.53 Å². The van der Waals surface area contributed by atoms with Gasteiger partial charge in [0.1, 0.15) is 5.70 Å². The van der Waals surface area contributed by atoms with Gasteiger partial charge in [-0.2, -0.15) is 0 Å². The van der Waals surface area contributed by atoms with Gasteiger partial charge in [-0.1, -0.05) is 23.7 Å². The fourth-order valence-electron chi connectivity index (χ4n) is 1.90. The average molecular weight is 352 g/mol. The molecule has 0 spiro atoms. The summed E-state index contributed by atoms with van der Waals surface area (Å²) in [5, 5.41) is 3.33. The lowest BCUT2D eigenvalue weighted by molar-refractivity contribution is -0.136. The molecule has 0 unspecified atom stereocenters. The fraction of sp³-hybridized carbons (Fsp3) is 0.250. The summed E-state index contributed by atoms with van der Waals surface area (Å²) in [6.07, 6.45) is 1.70. The zero-order valence-electron chi connectivity index (χ0n) is 13.4. The van der Waals surface area contributed by atoms with E-state index in [-0.39, 0.29) is 0 Å². The molecule has 0 saturated heterocycles. The van der Waals surface area contributed by atoms with Crippen molar-refractivity contribution in [3.05, 3.63) is 46.6 Å². The van der Waals surface area contributed by atoms with Crippen molar-refractivity contribution in [2.24, 2.45) is 0 Å². The van der Waals surface area contributed by atoms with E-state index in [4.69, 9.17) is 16.3 Å². The first kappa shape index (κ1) is 17.3. The number of halogens is 1. The molecular formula is C16H18ClN3O2S. The lowest BCUT2D eigenvalue weighted by Gasteiger charge is -2.19. The Morgan fingerprint density at radius 2 is 1.91 bits per heavy atom. The van der Waals surface area contributed by atoms with E-state index in [1.165, 1.54) is 18.4 Å². The average Bonchev–Trinajstić information content (AvgIpc) is 3.01. The van der Waals surface area contributed by atoms with E-state index in [9.17, 15) is 4.79 Å². The van der Waals surface area contributed by atoms with Gasteiger partial charge in [-0.15, -0.1) is 11.3 Å². The third kappa shape index (κ3) is 4.24. The van der Waals surface area contributed by atoms with Crippen LogP contribution in [-0.4, -0.2) is 44.1 Å². The SMILES string of the molecule is COC(=O)C(=CN(C)C)N(C)c1nc(-c2ccc(Cl)cc2)cs1. The molecule has 0 saturated carbocycles. The van der Waals surface area contributed by atoms with Crippen LogP contribution in [0.25, 0.3) is 11.3 Å². The molecule has 0 aliphatic rings. The van der Waals surface area contributed by atoms with Crippen LogP contribution < -0.4 is 4.90 Å². The summed E-state index contributed by atoms with van der Waals surface area (Å²) in [7, 11) is 6.84. The molecule has 0 radical (unpaired) electrons. The molecule has 1 aromatic carbocycles. The minimum Gasteiger partial charge on any atom is -0.464 e. The van der Waals surface area contributed by atoms with Crippen molar-refractivity contribution in [1.29, 1.82) is 0 Å². The molecule has 2 aromatic rings. The molecular weight excluding hydrogens is 334 g/mol. The van der Waals surface area contributed by atoms with Crippen LogP contribution in [0.15, 0.2) is 41.5 Å². The highest BCUT2D eigenvalue weighted by molar-refractivity contribution is 7.14. The zero-order valence-corrected chi connectivity index (χ0v) is 15.0.